The highest BCUT2D eigenvalue weighted by atomic mass is 32.2. The number of rotatable bonds is 6. The van der Waals surface area contributed by atoms with E-state index in [4.69, 9.17) is 0 Å². The molecule has 2 amide bonds. The van der Waals surface area contributed by atoms with Crippen LogP contribution in [0, 0.1) is 0 Å². The molecule has 1 atom stereocenters. The van der Waals surface area contributed by atoms with Crippen LogP contribution in [0.4, 0.5) is 10.5 Å². The number of nitrogens with one attached hydrogen (secondary N) is 2. The molecule has 3 aromatic carbocycles. The standard InChI is InChI=1S/C26H29N3O3S/c1-19(21-6-4-3-5-7-21)27-26(30)28-24-10-12-25(13-11-24)33(31,32)18-20-8-9-23-17-29(2)15-14-22(23)16-20/h3-13,16,19H,14-15,17-18H2,1-2H3,(H2,27,28,30)/t19-/m0/s1. The van der Waals surface area contributed by atoms with Crippen LogP contribution in [-0.4, -0.2) is 32.9 Å². The second-order valence-corrected chi connectivity index (χ2v) is 10.6. The predicted octanol–water partition coefficient (Wildman–Crippen LogP) is 4.53. The topological polar surface area (TPSA) is 78.5 Å². The van der Waals surface area contributed by atoms with Crippen molar-refractivity contribution in [3.8, 4) is 0 Å². The van der Waals surface area contributed by atoms with Crippen LogP contribution >= 0.6 is 0 Å². The van der Waals surface area contributed by atoms with Crippen LogP contribution in [0.15, 0.2) is 77.7 Å². The number of sulfone groups is 1. The number of nitrogens with zero attached hydrogens (tertiary/aromatic N) is 1. The molecule has 0 bridgehead atoms. The molecule has 6 nitrogen and oxygen atoms in total. The fraction of sp³-hybridized carbons (Fsp3) is 0.269. The predicted molar refractivity (Wildman–Crippen MR) is 131 cm³/mol. The molecular weight excluding hydrogens is 434 g/mol. The van der Waals surface area contributed by atoms with Gasteiger partial charge in [0.25, 0.3) is 0 Å². The van der Waals surface area contributed by atoms with E-state index in [2.05, 4.69) is 22.6 Å². The molecule has 0 unspecified atom stereocenters. The van der Waals surface area contributed by atoms with E-state index in [0.717, 1.165) is 30.6 Å². The van der Waals surface area contributed by atoms with Crippen LogP contribution in [0.5, 0.6) is 0 Å². The minimum absolute atomic E-state index is 0.0437. The molecular formula is C26H29N3O3S. The van der Waals surface area contributed by atoms with Gasteiger partial charge in [0.2, 0.25) is 0 Å². The molecule has 33 heavy (non-hydrogen) atoms. The number of hydrogen-bond acceptors (Lipinski definition) is 4. The van der Waals surface area contributed by atoms with Gasteiger partial charge in [-0.2, -0.15) is 0 Å². The van der Waals surface area contributed by atoms with Gasteiger partial charge in [-0.1, -0.05) is 48.5 Å². The Hall–Kier alpha value is -3.16. The second-order valence-electron chi connectivity index (χ2n) is 8.61. The summed E-state index contributed by atoms with van der Waals surface area (Å²) in [6, 6.07) is 21.5. The second kappa shape index (κ2) is 9.77. The lowest BCUT2D eigenvalue weighted by atomic mass is 9.98. The number of urea groups is 1. The van der Waals surface area contributed by atoms with Crippen molar-refractivity contribution in [1.82, 2.24) is 10.2 Å². The molecule has 0 aliphatic carbocycles. The maximum absolute atomic E-state index is 12.9. The Morgan fingerprint density at radius 1 is 1.00 bits per heavy atom. The lowest BCUT2D eigenvalue weighted by Gasteiger charge is -2.25. The number of amides is 2. The third-order valence-electron chi connectivity index (χ3n) is 5.95. The molecule has 0 aromatic heterocycles. The van der Waals surface area contributed by atoms with E-state index < -0.39 is 9.84 Å². The van der Waals surface area contributed by atoms with Gasteiger partial charge in [0.15, 0.2) is 9.84 Å². The van der Waals surface area contributed by atoms with Gasteiger partial charge in [-0.25, -0.2) is 13.2 Å². The molecule has 0 fully saturated rings. The zero-order valence-corrected chi connectivity index (χ0v) is 19.7. The van der Waals surface area contributed by atoms with Crippen molar-refractivity contribution in [2.75, 3.05) is 18.9 Å². The Labute approximate surface area is 195 Å². The van der Waals surface area contributed by atoms with Crippen LogP contribution in [0.25, 0.3) is 0 Å². The van der Waals surface area contributed by atoms with Gasteiger partial charge >= 0.3 is 6.03 Å². The summed E-state index contributed by atoms with van der Waals surface area (Å²) in [5.41, 5.74) is 4.83. The van der Waals surface area contributed by atoms with Gasteiger partial charge in [0, 0.05) is 18.8 Å². The third kappa shape index (κ3) is 5.80. The van der Waals surface area contributed by atoms with Crippen LogP contribution in [0.2, 0.25) is 0 Å². The molecule has 1 aliphatic rings. The quantitative estimate of drug-likeness (QED) is 0.563. The van der Waals surface area contributed by atoms with E-state index in [-0.39, 0.29) is 22.7 Å². The molecule has 4 rings (SSSR count). The molecule has 0 radical (unpaired) electrons. The van der Waals surface area contributed by atoms with Crippen molar-refractivity contribution in [3.05, 3.63) is 95.1 Å². The van der Waals surface area contributed by atoms with Gasteiger partial charge in [-0.15, -0.1) is 0 Å². The molecule has 0 saturated carbocycles. The maximum atomic E-state index is 12.9. The first-order valence-corrected chi connectivity index (χ1v) is 12.7. The van der Waals surface area contributed by atoms with Gasteiger partial charge < -0.3 is 15.5 Å². The number of benzene rings is 3. The number of carbonyl (C=O) groups excluding carboxylic acids is 1. The average molecular weight is 464 g/mol. The van der Waals surface area contributed by atoms with E-state index in [1.807, 2.05) is 55.5 Å². The van der Waals surface area contributed by atoms with Crippen molar-refractivity contribution in [1.29, 1.82) is 0 Å². The number of fused-ring (bicyclic) bond motifs is 1. The highest BCUT2D eigenvalue weighted by molar-refractivity contribution is 7.90. The zero-order chi connectivity index (χ0) is 23.4. The Kier molecular flexibility index (Phi) is 6.81. The molecule has 3 aromatic rings. The lowest BCUT2D eigenvalue weighted by Crippen LogP contribution is -2.31. The SMILES string of the molecule is C[C@H](NC(=O)Nc1ccc(S(=O)(=O)Cc2ccc3c(c2)CCN(C)C3)cc1)c1ccccc1. The van der Waals surface area contributed by atoms with Gasteiger partial charge in [-0.3, -0.25) is 0 Å². The summed E-state index contributed by atoms with van der Waals surface area (Å²) < 4.78 is 25.9. The van der Waals surface area contributed by atoms with Gasteiger partial charge in [0.1, 0.15) is 0 Å². The van der Waals surface area contributed by atoms with Crippen molar-refractivity contribution >= 4 is 21.6 Å². The number of carbonyl (C=O) groups is 1. The normalized spacial score (nSPS) is 14.8. The highest BCUT2D eigenvalue weighted by Gasteiger charge is 2.19. The molecule has 1 heterocycles. The van der Waals surface area contributed by atoms with E-state index in [0.29, 0.717) is 5.69 Å². The van der Waals surface area contributed by atoms with E-state index in [1.165, 1.54) is 11.1 Å². The monoisotopic (exact) mass is 463 g/mol. The summed E-state index contributed by atoms with van der Waals surface area (Å²) in [5.74, 6) is -0.0437. The molecule has 172 valence electrons. The van der Waals surface area contributed by atoms with Crippen LogP contribution in [-0.2, 0) is 28.6 Å². The third-order valence-corrected chi connectivity index (χ3v) is 7.65. The van der Waals surface area contributed by atoms with E-state index in [9.17, 15) is 13.2 Å². The Balaban J connectivity index is 1.38. The zero-order valence-electron chi connectivity index (χ0n) is 18.9. The van der Waals surface area contributed by atoms with Crippen LogP contribution in [0.3, 0.4) is 0 Å². The largest absolute Gasteiger partial charge is 0.331 e. The van der Waals surface area contributed by atoms with Crippen LogP contribution in [0.1, 0.15) is 35.2 Å². The van der Waals surface area contributed by atoms with E-state index >= 15 is 0 Å². The van der Waals surface area contributed by atoms with Crippen molar-refractivity contribution < 1.29 is 13.2 Å². The summed E-state index contributed by atoms with van der Waals surface area (Å²) in [6.45, 7) is 3.79. The fourth-order valence-electron chi connectivity index (χ4n) is 4.07. The molecule has 0 saturated heterocycles. The van der Waals surface area contributed by atoms with Gasteiger partial charge in [-0.05, 0) is 66.9 Å². The van der Waals surface area contributed by atoms with Crippen molar-refractivity contribution in [3.63, 3.8) is 0 Å². The molecule has 1 aliphatic heterocycles. The summed E-state index contributed by atoms with van der Waals surface area (Å²) in [5, 5.41) is 5.64. The molecule has 2 N–H and O–H groups in total. The molecule has 0 spiro atoms. The first-order chi connectivity index (χ1) is 15.8. The number of hydrogen-bond donors (Lipinski definition) is 2. The van der Waals surface area contributed by atoms with E-state index in [1.54, 1.807) is 24.3 Å². The Morgan fingerprint density at radius 3 is 2.45 bits per heavy atom. The summed E-state index contributed by atoms with van der Waals surface area (Å²) in [4.78, 5) is 14.8. The fourth-order valence-corrected chi connectivity index (χ4v) is 5.41. The summed E-state index contributed by atoms with van der Waals surface area (Å²) in [7, 11) is -1.40. The average Bonchev–Trinajstić information content (AvgIpc) is 2.80. The smallest absolute Gasteiger partial charge is 0.319 e. The summed E-state index contributed by atoms with van der Waals surface area (Å²) >= 11 is 0. The number of likely N-dealkylation sites (N-methyl/N-ethyl adjacent to an activating group) is 1. The van der Waals surface area contributed by atoms with Crippen molar-refractivity contribution in [2.45, 2.75) is 36.6 Å². The molecule has 7 heteroatoms. The minimum Gasteiger partial charge on any atom is -0.331 e. The first-order valence-electron chi connectivity index (χ1n) is 11.0. The van der Waals surface area contributed by atoms with Crippen molar-refractivity contribution in [2.24, 2.45) is 0 Å². The Morgan fingerprint density at radius 2 is 1.73 bits per heavy atom. The first kappa shape index (κ1) is 23.0. The Bertz CT molecular complexity index is 1230. The number of anilines is 1. The van der Waals surface area contributed by atoms with Crippen LogP contribution < -0.4 is 10.6 Å². The maximum Gasteiger partial charge on any atom is 0.319 e. The minimum atomic E-state index is -3.49. The lowest BCUT2D eigenvalue weighted by molar-refractivity contribution is 0.249. The van der Waals surface area contributed by atoms with Gasteiger partial charge in [0.05, 0.1) is 16.7 Å². The summed E-state index contributed by atoms with van der Waals surface area (Å²) in [6.07, 6.45) is 0.936. The highest BCUT2D eigenvalue weighted by Crippen LogP contribution is 2.23.